The molecule has 1 heterocycles. The van der Waals surface area contributed by atoms with Crippen LogP contribution in [0.1, 0.15) is 44.9 Å². The first-order chi connectivity index (χ1) is 14.9. The molecule has 0 bridgehead atoms. The number of rotatable bonds is 5. The van der Waals surface area contributed by atoms with Crippen molar-refractivity contribution in [2.45, 2.75) is 26.7 Å². The Hall–Kier alpha value is -3.85. The number of esters is 1. The van der Waals surface area contributed by atoms with E-state index in [-0.39, 0.29) is 5.91 Å². The van der Waals surface area contributed by atoms with Crippen LogP contribution in [-0.2, 0) is 23.0 Å². The fourth-order valence-corrected chi connectivity index (χ4v) is 3.30. The third-order valence-corrected chi connectivity index (χ3v) is 5.04. The zero-order chi connectivity index (χ0) is 22.4. The van der Waals surface area contributed by atoms with Gasteiger partial charge in [-0.2, -0.15) is 5.10 Å². The quantitative estimate of drug-likeness (QED) is 0.508. The van der Waals surface area contributed by atoms with Crippen LogP contribution in [-0.4, -0.2) is 28.8 Å². The third-order valence-electron chi connectivity index (χ3n) is 5.04. The minimum Gasteiger partial charge on any atom is -0.465 e. The Morgan fingerprint density at radius 3 is 2.39 bits per heavy atom. The minimum atomic E-state index is -0.398. The molecule has 0 radical (unpaired) electrons. The molecule has 0 aliphatic rings. The van der Waals surface area contributed by atoms with Crippen LogP contribution >= 0.6 is 0 Å². The lowest BCUT2D eigenvalue weighted by molar-refractivity contribution is -0.116. The molecule has 0 spiro atoms. The van der Waals surface area contributed by atoms with Gasteiger partial charge in [-0.3, -0.25) is 9.48 Å². The molecular weight excluding hydrogens is 390 g/mol. The standard InChI is InChI=1S/C25H25N3O3/c1-17-23(18(2)28(3)27-17)13-14-24(29)26-22-10-6-8-20(16-22)12-11-19-7-5-9-21(15-19)25(30)31-4/h5-10,15-16H,13-14H2,1-4H3,(H,26,29). The summed E-state index contributed by atoms with van der Waals surface area (Å²) in [6, 6.07) is 14.3. The van der Waals surface area contributed by atoms with Crippen LogP contribution in [0.5, 0.6) is 0 Å². The molecule has 1 N–H and O–H groups in total. The summed E-state index contributed by atoms with van der Waals surface area (Å²) < 4.78 is 6.58. The normalized spacial score (nSPS) is 10.2. The number of hydrogen-bond acceptors (Lipinski definition) is 4. The molecule has 0 fully saturated rings. The van der Waals surface area contributed by atoms with Crippen LogP contribution in [0, 0.1) is 25.7 Å². The fourth-order valence-electron chi connectivity index (χ4n) is 3.30. The SMILES string of the molecule is COC(=O)c1cccc(C#Cc2cccc(NC(=O)CCc3c(C)nn(C)c3C)c2)c1. The predicted molar refractivity (Wildman–Crippen MR) is 120 cm³/mol. The van der Waals surface area contributed by atoms with Crippen molar-refractivity contribution < 1.29 is 14.3 Å². The van der Waals surface area contributed by atoms with Gasteiger partial charge in [0.15, 0.2) is 0 Å². The largest absolute Gasteiger partial charge is 0.465 e. The number of ether oxygens (including phenoxy) is 1. The van der Waals surface area contributed by atoms with Gasteiger partial charge >= 0.3 is 5.97 Å². The second-order valence-corrected chi connectivity index (χ2v) is 7.22. The van der Waals surface area contributed by atoms with Gasteiger partial charge in [0.2, 0.25) is 5.91 Å². The molecule has 0 aliphatic heterocycles. The summed E-state index contributed by atoms with van der Waals surface area (Å²) in [5.74, 6) is 5.66. The van der Waals surface area contributed by atoms with E-state index in [1.807, 2.05) is 55.9 Å². The molecule has 31 heavy (non-hydrogen) atoms. The van der Waals surface area contributed by atoms with Crippen molar-refractivity contribution in [2.75, 3.05) is 12.4 Å². The monoisotopic (exact) mass is 415 g/mol. The number of methoxy groups -OCH3 is 1. The second kappa shape index (κ2) is 9.77. The van der Waals surface area contributed by atoms with Crippen LogP contribution in [0.3, 0.4) is 0 Å². The van der Waals surface area contributed by atoms with Crippen LogP contribution in [0.2, 0.25) is 0 Å². The summed E-state index contributed by atoms with van der Waals surface area (Å²) in [5.41, 5.74) is 5.78. The highest BCUT2D eigenvalue weighted by Crippen LogP contribution is 2.16. The number of nitrogens with one attached hydrogen (secondary N) is 1. The van der Waals surface area contributed by atoms with E-state index >= 15 is 0 Å². The lowest BCUT2D eigenvalue weighted by Crippen LogP contribution is -2.12. The first-order valence-electron chi connectivity index (χ1n) is 9.96. The smallest absolute Gasteiger partial charge is 0.337 e. The van der Waals surface area contributed by atoms with Gasteiger partial charge in [-0.25, -0.2) is 4.79 Å². The van der Waals surface area contributed by atoms with E-state index in [0.717, 1.165) is 22.5 Å². The molecular formula is C25H25N3O3. The molecule has 3 aromatic rings. The average molecular weight is 415 g/mol. The van der Waals surface area contributed by atoms with Crippen LogP contribution in [0.25, 0.3) is 0 Å². The number of aryl methyl sites for hydroxylation is 2. The van der Waals surface area contributed by atoms with Gasteiger partial charge in [-0.05, 0) is 62.2 Å². The average Bonchev–Trinajstić information content (AvgIpc) is 3.01. The molecule has 0 unspecified atom stereocenters. The van der Waals surface area contributed by atoms with Gasteiger partial charge < -0.3 is 10.1 Å². The summed E-state index contributed by atoms with van der Waals surface area (Å²) >= 11 is 0. The molecule has 6 heteroatoms. The van der Waals surface area contributed by atoms with E-state index < -0.39 is 5.97 Å². The number of nitrogens with zero attached hydrogens (tertiary/aromatic N) is 2. The molecule has 0 aliphatic carbocycles. The zero-order valence-electron chi connectivity index (χ0n) is 18.2. The predicted octanol–water partition coefficient (Wildman–Crippen LogP) is 3.79. The van der Waals surface area contributed by atoms with E-state index in [1.54, 1.807) is 18.2 Å². The number of carbonyl (C=O) groups is 2. The van der Waals surface area contributed by atoms with Crippen LogP contribution < -0.4 is 5.32 Å². The summed E-state index contributed by atoms with van der Waals surface area (Å²) in [4.78, 5) is 24.1. The number of amides is 1. The maximum absolute atomic E-state index is 12.4. The Morgan fingerprint density at radius 1 is 1.06 bits per heavy atom. The number of anilines is 1. The highest BCUT2D eigenvalue weighted by Gasteiger charge is 2.11. The lowest BCUT2D eigenvalue weighted by Gasteiger charge is -2.06. The van der Waals surface area contributed by atoms with E-state index in [1.165, 1.54) is 7.11 Å². The highest BCUT2D eigenvalue weighted by atomic mass is 16.5. The Bertz CT molecular complexity index is 1180. The Kier molecular flexibility index (Phi) is 6.88. The van der Waals surface area contributed by atoms with Gasteiger partial charge in [0.05, 0.1) is 18.4 Å². The Labute approximate surface area is 182 Å². The molecule has 6 nitrogen and oxygen atoms in total. The van der Waals surface area contributed by atoms with Crippen LogP contribution in [0.4, 0.5) is 5.69 Å². The van der Waals surface area contributed by atoms with Gasteiger partial charge in [0.25, 0.3) is 0 Å². The molecule has 0 saturated carbocycles. The number of aromatic nitrogens is 2. The highest BCUT2D eigenvalue weighted by molar-refractivity contribution is 5.91. The fraction of sp³-hybridized carbons (Fsp3) is 0.240. The summed E-state index contributed by atoms with van der Waals surface area (Å²) in [7, 11) is 3.25. The van der Waals surface area contributed by atoms with Gasteiger partial charge in [0.1, 0.15) is 0 Å². The van der Waals surface area contributed by atoms with Crippen molar-refractivity contribution >= 4 is 17.6 Å². The van der Waals surface area contributed by atoms with Crippen molar-refractivity contribution in [1.29, 1.82) is 0 Å². The molecule has 1 aromatic heterocycles. The van der Waals surface area contributed by atoms with E-state index in [2.05, 4.69) is 22.3 Å². The Morgan fingerprint density at radius 2 is 1.74 bits per heavy atom. The molecule has 1 amide bonds. The van der Waals surface area contributed by atoms with Crippen molar-refractivity contribution in [1.82, 2.24) is 9.78 Å². The lowest BCUT2D eigenvalue weighted by atomic mass is 10.1. The van der Waals surface area contributed by atoms with Crippen molar-refractivity contribution in [3.63, 3.8) is 0 Å². The number of hydrogen-bond donors (Lipinski definition) is 1. The summed E-state index contributed by atoms with van der Waals surface area (Å²) in [6.07, 6.45) is 1.02. The molecule has 0 atom stereocenters. The molecule has 2 aromatic carbocycles. The number of benzene rings is 2. The van der Waals surface area contributed by atoms with Crippen molar-refractivity contribution in [2.24, 2.45) is 7.05 Å². The van der Waals surface area contributed by atoms with E-state index in [9.17, 15) is 9.59 Å². The first-order valence-corrected chi connectivity index (χ1v) is 9.96. The maximum Gasteiger partial charge on any atom is 0.337 e. The van der Waals surface area contributed by atoms with E-state index in [0.29, 0.717) is 29.7 Å². The zero-order valence-corrected chi connectivity index (χ0v) is 18.2. The first kappa shape index (κ1) is 21.8. The van der Waals surface area contributed by atoms with Gasteiger partial charge in [-0.1, -0.05) is 24.0 Å². The molecule has 158 valence electrons. The summed E-state index contributed by atoms with van der Waals surface area (Å²) in [6.45, 7) is 3.97. The topological polar surface area (TPSA) is 73.2 Å². The maximum atomic E-state index is 12.4. The third kappa shape index (κ3) is 5.61. The van der Waals surface area contributed by atoms with Crippen LogP contribution in [0.15, 0.2) is 48.5 Å². The minimum absolute atomic E-state index is 0.0569. The van der Waals surface area contributed by atoms with Crippen molar-refractivity contribution in [3.05, 3.63) is 82.2 Å². The molecule has 3 rings (SSSR count). The van der Waals surface area contributed by atoms with Gasteiger partial charge in [-0.15, -0.1) is 0 Å². The summed E-state index contributed by atoms with van der Waals surface area (Å²) in [5, 5.41) is 7.33. The van der Waals surface area contributed by atoms with Gasteiger partial charge in [0, 0.05) is 36.0 Å². The Balaban J connectivity index is 1.65. The van der Waals surface area contributed by atoms with Crippen molar-refractivity contribution in [3.8, 4) is 11.8 Å². The molecule has 0 saturated heterocycles. The second-order valence-electron chi connectivity index (χ2n) is 7.22. The van der Waals surface area contributed by atoms with E-state index in [4.69, 9.17) is 4.74 Å². The number of carbonyl (C=O) groups excluding carboxylic acids is 2.